The minimum Gasteiger partial charge on any atom is -0.353 e. The predicted molar refractivity (Wildman–Crippen MR) is 116 cm³/mol. The second kappa shape index (κ2) is 8.05. The van der Waals surface area contributed by atoms with Gasteiger partial charge >= 0.3 is 0 Å². The average molecular weight is 408 g/mol. The molecule has 0 radical (unpaired) electrons. The van der Waals surface area contributed by atoms with E-state index >= 15 is 0 Å². The number of benzene rings is 1. The summed E-state index contributed by atoms with van der Waals surface area (Å²) in [5, 5.41) is 7.94. The molecule has 0 aliphatic heterocycles. The van der Waals surface area contributed by atoms with Crippen molar-refractivity contribution in [2.24, 2.45) is 11.3 Å². The lowest BCUT2D eigenvalue weighted by atomic mass is 9.70. The van der Waals surface area contributed by atoms with Crippen LogP contribution in [0.15, 0.2) is 47.7 Å². The molecule has 1 amide bonds. The highest BCUT2D eigenvalue weighted by molar-refractivity contribution is 5.76. The Hall–Kier alpha value is -2.96. The van der Waals surface area contributed by atoms with Crippen LogP contribution in [0.25, 0.3) is 16.7 Å². The SMILES string of the molecule is CC1CC(NC(=O)CCn2cnc3c(cnn3-c3ccccc3)c2=O)CC(C)(C)C1. The Kier molecular flexibility index (Phi) is 5.45. The second-order valence-electron chi connectivity index (χ2n) is 9.30. The first kappa shape index (κ1) is 20.3. The summed E-state index contributed by atoms with van der Waals surface area (Å²) in [5.41, 5.74) is 1.44. The van der Waals surface area contributed by atoms with Gasteiger partial charge in [-0.15, -0.1) is 0 Å². The van der Waals surface area contributed by atoms with Crippen molar-refractivity contribution < 1.29 is 4.79 Å². The molecule has 1 N–H and O–H groups in total. The van der Waals surface area contributed by atoms with Gasteiger partial charge in [-0.25, -0.2) is 9.67 Å². The summed E-state index contributed by atoms with van der Waals surface area (Å²) in [6, 6.07) is 9.79. The normalized spacial score (nSPS) is 20.9. The number of nitrogens with one attached hydrogen (secondary N) is 1. The van der Waals surface area contributed by atoms with Gasteiger partial charge < -0.3 is 5.32 Å². The number of nitrogens with zero attached hydrogens (tertiary/aromatic N) is 4. The molecule has 1 fully saturated rings. The molecule has 0 spiro atoms. The van der Waals surface area contributed by atoms with Crippen molar-refractivity contribution in [1.82, 2.24) is 24.6 Å². The van der Waals surface area contributed by atoms with E-state index in [-0.39, 0.29) is 29.3 Å². The van der Waals surface area contributed by atoms with Gasteiger partial charge in [0.05, 0.1) is 18.2 Å². The number of para-hydroxylation sites is 1. The van der Waals surface area contributed by atoms with Gasteiger partial charge in [-0.2, -0.15) is 5.10 Å². The van der Waals surface area contributed by atoms with Crippen LogP contribution >= 0.6 is 0 Å². The molecule has 30 heavy (non-hydrogen) atoms. The number of carbonyl (C=O) groups is 1. The van der Waals surface area contributed by atoms with Crippen molar-refractivity contribution >= 4 is 16.9 Å². The summed E-state index contributed by atoms with van der Waals surface area (Å²) in [6.45, 7) is 7.07. The lowest BCUT2D eigenvalue weighted by Gasteiger charge is -2.39. The van der Waals surface area contributed by atoms with Gasteiger partial charge in [-0.05, 0) is 42.7 Å². The maximum absolute atomic E-state index is 12.8. The minimum atomic E-state index is -0.178. The fourth-order valence-corrected chi connectivity index (χ4v) is 4.84. The Morgan fingerprint density at radius 2 is 2.00 bits per heavy atom. The fraction of sp³-hybridized carbons (Fsp3) is 0.478. The molecular weight excluding hydrogens is 378 g/mol. The molecule has 0 saturated heterocycles. The van der Waals surface area contributed by atoms with E-state index in [1.165, 1.54) is 17.3 Å². The third-order valence-electron chi connectivity index (χ3n) is 5.89. The van der Waals surface area contributed by atoms with Crippen LogP contribution in [0.5, 0.6) is 0 Å². The summed E-state index contributed by atoms with van der Waals surface area (Å²) < 4.78 is 3.14. The molecule has 7 heteroatoms. The average Bonchev–Trinajstić information content (AvgIpc) is 3.11. The Bertz CT molecular complexity index is 1100. The van der Waals surface area contributed by atoms with Crippen molar-refractivity contribution in [3.63, 3.8) is 0 Å². The van der Waals surface area contributed by atoms with Crippen LogP contribution in [0.3, 0.4) is 0 Å². The zero-order valence-electron chi connectivity index (χ0n) is 17.8. The maximum atomic E-state index is 12.8. The molecule has 2 heterocycles. The summed E-state index contributed by atoms with van der Waals surface area (Å²) in [5.74, 6) is 0.589. The molecule has 3 aromatic rings. The second-order valence-corrected chi connectivity index (χ2v) is 9.30. The lowest BCUT2D eigenvalue weighted by molar-refractivity contribution is -0.122. The maximum Gasteiger partial charge on any atom is 0.264 e. The molecule has 1 saturated carbocycles. The topological polar surface area (TPSA) is 81.8 Å². The number of aromatic nitrogens is 4. The summed E-state index contributed by atoms with van der Waals surface area (Å²) in [4.78, 5) is 29.8. The van der Waals surface area contributed by atoms with Crippen LogP contribution < -0.4 is 10.9 Å². The molecule has 1 aliphatic rings. The van der Waals surface area contributed by atoms with E-state index in [4.69, 9.17) is 0 Å². The predicted octanol–water partition coefficient (Wildman–Crippen LogP) is 3.30. The Morgan fingerprint density at radius 3 is 2.73 bits per heavy atom. The summed E-state index contributed by atoms with van der Waals surface area (Å²) >= 11 is 0. The first-order valence-electron chi connectivity index (χ1n) is 10.6. The van der Waals surface area contributed by atoms with E-state index in [2.05, 4.69) is 36.2 Å². The van der Waals surface area contributed by atoms with Gasteiger partial charge in [0.15, 0.2) is 5.65 Å². The van der Waals surface area contributed by atoms with E-state index in [9.17, 15) is 9.59 Å². The Balaban J connectivity index is 1.44. The number of carbonyl (C=O) groups excluding carboxylic acids is 1. The molecule has 158 valence electrons. The number of hydrogen-bond donors (Lipinski definition) is 1. The van der Waals surface area contributed by atoms with Gasteiger partial charge in [0, 0.05) is 19.0 Å². The highest BCUT2D eigenvalue weighted by Crippen LogP contribution is 2.38. The third-order valence-corrected chi connectivity index (χ3v) is 5.89. The summed E-state index contributed by atoms with van der Waals surface area (Å²) in [7, 11) is 0. The van der Waals surface area contributed by atoms with Gasteiger partial charge in [0.25, 0.3) is 5.56 Å². The highest BCUT2D eigenvalue weighted by Gasteiger charge is 2.32. The van der Waals surface area contributed by atoms with Crippen molar-refractivity contribution in [1.29, 1.82) is 0 Å². The van der Waals surface area contributed by atoms with Crippen LogP contribution in [0.2, 0.25) is 0 Å². The van der Waals surface area contributed by atoms with E-state index in [0.717, 1.165) is 18.5 Å². The zero-order chi connectivity index (χ0) is 21.3. The molecule has 4 rings (SSSR count). The van der Waals surface area contributed by atoms with Crippen LogP contribution in [0, 0.1) is 11.3 Å². The summed E-state index contributed by atoms with van der Waals surface area (Å²) in [6.07, 6.45) is 6.50. The first-order chi connectivity index (χ1) is 14.3. The highest BCUT2D eigenvalue weighted by atomic mass is 16.2. The Morgan fingerprint density at radius 1 is 1.23 bits per heavy atom. The van der Waals surface area contributed by atoms with Crippen LogP contribution in [-0.4, -0.2) is 31.3 Å². The molecular formula is C23H29N5O2. The van der Waals surface area contributed by atoms with E-state index in [1.54, 1.807) is 10.9 Å². The zero-order valence-corrected chi connectivity index (χ0v) is 17.8. The monoisotopic (exact) mass is 407 g/mol. The Labute approximate surface area is 176 Å². The van der Waals surface area contributed by atoms with Gasteiger partial charge in [-0.3, -0.25) is 14.2 Å². The minimum absolute atomic E-state index is 0.0168. The standard InChI is InChI=1S/C23H29N5O2/c1-16-11-17(13-23(2,3)12-16)26-20(29)9-10-27-15-24-21-19(22(27)30)14-25-28(21)18-7-5-4-6-8-18/h4-8,14-17H,9-13H2,1-3H3,(H,26,29). The van der Waals surface area contributed by atoms with Crippen molar-refractivity contribution in [2.75, 3.05) is 0 Å². The van der Waals surface area contributed by atoms with E-state index in [0.29, 0.717) is 23.5 Å². The van der Waals surface area contributed by atoms with Crippen molar-refractivity contribution in [2.45, 2.75) is 59.0 Å². The van der Waals surface area contributed by atoms with E-state index < -0.39 is 0 Å². The molecule has 1 aliphatic carbocycles. The molecule has 2 aromatic heterocycles. The number of rotatable bonds is 5. The molecule has 2 atom stereocenters. The van der Waals surface area contributed by atoms with Crippen LogP contribution in [-0.2, 0) is 11.3 Å². The van der Waals surface area contributed by atoms with Crippen LogP contribution in [0.1, 0.15) is 46.5 Å². The quantitative estimate of drug-likeness (QED) is 0.704. The number of fused-ring (bicyclic) bond motifs is 1. The first-order valence-corrected chi connectivity index (χ1v) is 10.6. The third kappa shape index (κ3) is 4.30. The lowest BCUT2D eigenvalue weighted by Crippen LogP contribution is -2.43. The molecule has 7 nitrogen and oxygen atoms in total. The van der Waals surface area contributed by atoms with E-state index in [1.807, 2.05) is 30.3 Å². The van der Waals surface area contributed by atoms with Gasteiger partial charge in [0.2, 0.25) is 5.91 Å². The number of aryl methyl sites for hydroxylation is 1. The van der Waals surface area contributed by atoms with Gasteiger partial charge in [0.1, 0.15) is 5.39 Å². The van der Waals surface area contributed by atoms with Crippen LogP contribution in [0.4, 0.5) is 0 Å². The number of hydrogen-bond acceptors (Lipinski definition) is 4. The molecule has 0 bridgehead atoms. The number of amides is 1. The van der Waals surface area contributed by atoms with Gasteiger partial charge in [-0.1, -0.05) is 39.0 Å². The molecule has 2 unspecified atom stereocenters. The smallest absolute Gasteiger partial charge is 0.264 e. The molecule has 1 aromatic carbocycles. The largest absolute Gasteiger partial charge is 0.353 e. The van der Waals surface area contributed by atoms with Crippen molar-refractivity contribution in [3.05, 3.63) is 53.2 Å². The van der Waals surface area contributed by atoms with Crippen molar-refractivity contribution in [3.8, 4) is 5.69 Å². The fourth-order valence-electron chi connectivity index (χ4n) is 4.84.